The molecule has 0 bridgehead atoms. The van der Waals surface area contributed by atoms with Crippen LogP contribution >= 0.6 is 39.5 Å². The van der Waals surface area contributed by atoms with Crippen LogP contribution < -0.4 is 10.6 Å². The molecule has 2 aromatic rings. The Hall–Kier alpha value is -1.84. The van der Waals surface area contributed by atoms with Crippen molar-refractivity contribution in [2.75, 3.05) is 6.61 Å². The molecule has 1 N–H and O–H groups in total. The zero-order valence-electron chi connectivity index (χ0n) is 13.8. The summed E-state index contributed by atoms with van der Waals surface area (Å²) in [6.45, 7) is 2.47. The molecule has 0 radical (unpaired) electrons. The first-order valence-corrected chi connectivity index (χ1v) is 9.95. The average Bonchev–Trinajstić information content (AvgIpc) is 3.06. The maximum absolute atomic E-state index is 12.4. The zero-order valence-corrected chi connectivity index (χ0v) is 17.0. The van der Waals surface area contributed by atoms with Gasteiger partial charge in [-0.2, -0.15) is 0 Å². The highest BCUT2D eigenvalue weighted by molar-refractivity contribution is 9.10. The lowest BCUT2D eigenvalue weighted by atomic mass is 10.1. The summed E-state index contributed by atoms with van der Waals surface area (Å²) in [7, 11) is 0. The summed E-state index contributed by atoms with van der Waals surface area (Å²) in [5.41, 5.74) is 0.321. The number of aromatic nitrogens is 1. The molecule has 1 aliphatic rings. The van der Waals surface area contributed by atoms with E-state index in [1.54, 1.807) is 18.2 Å². The molecule has 2 heterocycles. The molecule has 9 heteroatoms. The lowest BCUT2D eigenvalue weighted by Crippen LogP contribution is -2.22. The molecule has 136 valence electrons. The van der Waals surface area contributed by atoms with E-state index >= 15 is 0 Å². The van der Waals surface area contributed by atoms with E-state index in [1.165, 1.54) is 4.57 Å². The number of nitrogens with zero attached hydrogens (tertiary/aromatic N) is 2. The Labute approximate surface area is 166 Å². The van der Waals surface area contributed by atoms with Crippen LogP contribution in [0.5, 0.6) is 5.88 Å². The van der Waals surface area contributed by atoms with Crippen LogP contribution in [0.2, 0.25) is 0 Å². The molecule has 0 fully saturated rings. The number of halogens is 1. The van der Waals surface area contributed by atoms with Gasteiger partial charge in [0.25, 0.3) is 5.91 Å². The Balaban J connectivity index is 1.98. The normalized spacial score (nSPS) is 12.8. The molecule has 3 rings (SSSR count). The second-order valence-corrected chi connectivity index (χ2v) is 8.16. The second kappa shape index (κ2) is 7.81. The number of thiazole rings is 1. The number of esters is 1. The minimum Gasteiger partial charge on any atom is -0.493 e. The number of amides is 1. The van der Waals surface area contributed by atoms with E-state index in [0.717, 1.165) is 22.2 Å². The van der Waals surface area contributed by atoms with Crippen molar-refractivity contribution < 1.29 is 19.4 Å². The molecule has 0 spiro atoms. The minimum absolute atomic E-state index is 0.0911. The molecule has 0 saturated heterocycles. The number of aromatic hydroxyl groups is 1. The van der Waals surface area contributed by atoms with Crippen LogP contribution in [-0.4, -0.2) is 28.2 Å². The molecule has 0 unspecified atom stereocenters. The first kappa shape index (κ1) is 18.9. The predicted octanol–water partition coefficient (Wildman–Crippen LogP) is 2.45. The summed E-state index contributed by atoms with van der Waals surface area (Å²) in [6, 6.07) is 5.32. The Bertz CT molecular complexity index is 1070. The van der Waals surface area contributed by atoms with E-state index in [1.807, 2.05) is 6.92 Å². The standard InChI is InChI=1S/C17H15BrN2O4S2/c1-2-7-24-12(21)5-6-20-16(23)14(26-17(20)25)13-10-8-9(18)3-4-11(10)19-15(13)22/h3-4,8,23H,2,5-7H2,1H3. The van der Waals surface area contributed by atoms with Crippen molar-refractivity contribution in [1.82, 2.24) is 4.57 Å². The van der Waals surface area contributed by atoms with Crippen LogP contribution in [0.25, 0.3) is 5.57 Å². The number of hydrogen-bond donors (Lipinski definition) is 1. The minimum atomic E-state index is -0.417. The summed E-state index contributed by atoms with van der Waals surface area (Å²) in [4.78, 5) is 28.4. The van der Waals surface area contributed by atoms with Gasteiger partial charge in [-0.3, -0.25) is 14.2 Å². The largest absolute Gasteiger partial charge is 0.493 e. The molecule has 6 nitrogen and oxygen atoms in total. The van der Waals surface area contributed by atoms with E-state index in [4.69, 9.17) is 17.0 Å². The van der Waals surface area contributed by atoms with Gasteiger partial charge in [-0.25, -0.2) is 4.99 Å². The van der Waals surface area contributed by atoms with Crippen molar-refractivity contribution >= 4 is 56.9 Å². The number of carbonyl (C=O) groups is 2. The van der Waals surface area contributed by atoms with Crippen molar-refractivity contribution in [1.29, 1.82) is 0 Å². The number of fused-ring (bicyclic) bond motifs is 1. The Morgan fingerprint density at radius 1 is 1.46 bits per heavy atom. The number of ether oxygens (including phenoxy) is 1. The third kappa shape index (κ3) is 3.65. The lowest BCUT2D eigenvalue weighted by Gasteiger charge is -2.06. The molecule has 1 aromatic carbocycles. The Morgan fingerprint density at radius 3 is 2.96 bits per heavy atom. The third-order valence-electron chi connectivity index (χ3n) is 3.77. The topological polar surface area (TPSA) is 80.9 Å². The van der Waals surface area contributed by atoms with Gasteiger partial charge in [0, 0.05) is 16.2 Å². The summed E-state index contributed by atoms with van der Waals surface area (Å²) in [5, 5.41) is 11.8. The number of carbonyl (C=O) groups excluding carboxylic acids is 2. The SMILES string of the molecule is CCCOC(=O)CCn1c(O)c(C2=c3cc(Br)ccc3=NC2=O)sc1=S. The van der Waals surface area contributed by atoms with E-state index in [9.17, 15) is 14.7 Å². The summed E-state index contributed by atoms with van der Waals surface area (Å²) < 4.78 is 7.66. The van der Waals surface area contributed by atoms with Gasteiger partial charge in [-0.15, -0.1) is 11.3 Å². The molecule has 0 aliphatic carbocycles. The van der Waals surface area contributed by atoms with Crippen molar-refractivity contribution in [3.63, 3.8) is 0 Å². The van der Waals surface area contributed by atoms with Gasteiger partial charge in [-0.1, -0.05) is 22.9 Å². The van der Waals surface area contributed by atoms with Crippen LogP contribution in [0.15, 0.2) is 27.7 Å². The fourth-order valence-electron chi connectivity index (χ4n) is 2.55. The number of hydrogen-bond acceptors (Lipinski definition) is 6. The van der Waals surface area contributed by atoms with Crippen molar-refractivity contribution in [2.24, 2.45) is 4.99 Å². The lowest BCUT2D eigenvalue weighted by molar-refractivity contribution is -0.143. The maximum Gasteiger partial charge on any atom is 0.307 e. The zero-order chi connectivity index (χ0) is 18.8. The second-order valence-electron chi connectivity index (χ2n) is 5.60. The van der Waals surface area contributed by atoms with E-state index in [-0.39, 0.29) is 24.8 Å². The van der Waals surface area contributed by atoms with Gasteiger partial charge in [0.1, 0.15) is 4.88 Å². The molecule has 0 saturated carbocycles. The highest BCUT2D eigenvalue weighted by Gasteiger charge is 2.25. The number of rotatable bonds is 6. The van der Waals surface area contributed by atoms with Crippen molar-refractivity contribution in [3.05, 3.63) is 42.1 Å². The van der Waals surface area contributed by atoms with E-state index in [0.29, 0.717) is 31.6 Å². The molecular weight excluding hydrogens is 440 g/mol. The summed E-state index contributed by atoms with van der Waals surface area (Å²) >= 11 is 9.81. The summed E-state index contributed by atoms with van der Waals surface area (Å²) in [5.74, 6) is -0.899. The van der Waals surface area contributed by atoms with Gasteiger partial charge in [0.15, 0.2) is 3.95 Å². The van der Waals surface area contributed by atoms with Gasteiger partial charge in [0.2, 0.25) is 5.88 Å². The van der Waals surface area contributed by atoms with E-state index in [2.05, 4.69) is 20.9 Å². The molecule has 26 heavy (non-hydrogen) atoms. The first-order valence-electron chi connectivity index (χ1n) is 7.94. The summed E-state index contributed by atoms with van der Waals surface area (Å²) in [6.07, 6.45) is 0.839. The predicted molar refractivity (Wildman–Crippen MR) is 103 cm³/mol. The maximum atomic E-state index is 12.4. The third-order valence-corrected chi connectivity index (χ3v) is 5.72. The van der Waals surface area contributed by atoms with Crippen LogP contribution in [0.4, 0.5) is 0 Å². The van der Waals surface area contributed by atoms with E-state index < -0.39 is 5.91 Å². The Morgan fingerprint density at radius 2 is 2.23 bits per heavy atom. The van der Waals surface area contributed by atoms with Crippen LogP contribution in [0.1, 0.15) is 24.6 Å². The Kier molecular flexibility index (Phi) is 5.69. The van der Waals surface area contributed by atoms with Crippen molar-refractivity contribution in [3.8, 4) is 5.88 Å². The highest BCUT2D eigenvalue weighted by atomic mass is 79.9. The van der Waals surface area contributed by atoms with Crippen LogP contribution in [-0.2, 0) is 20.9 Å². The molecule has 1 aliphatic heterocycles. The highest BCUT2D eigenvalue weighted by Crippen LogP contribution is 2.32. The van der Waals surface area contributed by atoms with Gasteiger partial charge < -0.3 is 9.84 Å². The first-order chi connectivity index (χ1) is 12.4. The van der Waals surface area contributed by atoms with Crippen LogP contribution in [0, 0.1) is 3.95 Å². The smallest absolute Gasteiger partial charge is 0.307 e. The van der Waals surface area contributed by atoms with Gasteiger partial charge in [0.05, 0.1) is 24.0 Å². The van der Waals surface area contributed by atoms with Gasteiger partial charge in [-0.05, 0) is 36.8 Å². The van der Waals surface area contributed by atoms with Crippen molar-refractivity contribution in [2.45, 2.75) is 26.3 Å². The fourth-order valence-corrected chi connectivity index (χ4v) is 4.31. The molecular formula is C17H15BrN2O4S2. The van der Waals surface area contributed by atoms with Gasteiger partial charge >= 0.3 is 5.97 Å². The molecule has 0 atom stereocenters. The number of benzene rings is 1. The molecule has 1 aromatic heterocycles. The quantitative estimate of drug-likeness (QED) is 0.535. The fraction of sp³-hybridized carbons (Fsp3) is 0.294. The monoisotopic (exact) mass is 454 g/mol. The molecule has 1 amide bonds. The average molecular weight is 455 g/mol. The van der Waals surface area contributed by atoms with Crippen LogP contribution in [0.3, 0.4) is 0 Å².